The lowest BCUT2D eigenvalue weighted by Gasteiger charge is -2.24. The maximum Gasteiger partial charge on any atom is 0.123 e. The second-order valence-corrected chi connectivity index (χ2v) is 4.39. The predicted molar refractivity (Wildman–Crippen MR) is 68.7 cm³/mol. The van der Waals surface area contributed by atoms with Crippen molar-refractivity contribution in [2.24, 2.45) is 0 Å². The van der Waals surface area contributed by atoms with E-state index in [1.165, 1.54) is 0 Å². The predicted octanol–water partition coefficient (Wildman–Crippen LogP) is 2.36. The maximum absolute atomic E-state index is 8.87. The average molecular weight is 246 g/mol. The number of ether oxygens (including phenoxy) is 2. The molecule has 1 aliphatic rings. The fourth-order valence-corrected chi connectivity index (χ4v) is 2.56. The van der Waals surface area contributed by atoms with Crippen molar-refractivity contribution in [3.8, 4) is 17.6 Å². The molecule has 1 unspecified atom stereocenters. The number of methoxy groups -OCH3 is 2. The van der Waals surface area contributed by atoms with Crippen LogP contribution in [0.1, 0.15) is 24.4 Å². The van der Waals surface area contributed by atoms with Gasteiger partial charge in [0.1, 0.15) is 11.5 Å². The highest BCUT2D eigenvalue weighted by Gasteiger charge is 2.28. The Morgan fingerprint density at radius 3 is 2.89 bits per heavy atom. The van der Waals surface area contributed by atoms with Crippen molar-refractivity contribution in [3.05, 3.63) is 23.8 Å². The molecule has 96 valence electrons. The Hall–Kier alpha value is -1.73. The molecule has 2 rings (SSSR count). The molecule has 1 aromatic carbocycles. The van der Waals surface area contributed by atoms with Gasteiger partial charge in [0.15, 0.2) is 0 Å². The van der Waals surface area contributed by atoms with Gasteiger partial charge in [0.2, 0.25) is 0 Å². The maximum atomic E-state index is 8.87. The van der Waals surface area contributed by atoms with Gasteiger partial charge in [-0.05, 0) is 37.6 Å². The van der Waals surface area contributed by atoms with Crippen LogP contribution in [-0.4, -0.2) is 32.2 Å². The van der Waals surface area contributed by atoms with Crippen molar-refractivity contribution in [2.75, 3.05) is 27.3 Å². The van der Waals surface area contributed by atoms with Crippen LogP contribution >= 0.6 is 0 Å². The van der Waals surface area contributed by atoms with Crippen molar-refractivity contribution in [1.82, 2.24) is 4.90 Å². The number of rotatable bonds is 4. The summed E-state index contributed by atoms with van der Waals surface area (Å²) >= 11 is 0. The van der Waals surface area contributed by atoms with Crippen LogP contribution in [-0.2, 0) is 0 Å². The first kappa shape index (κ1) is 12.7. The van der Waals surface area contributed by atoms with Gasteiger partial charge in [0.25, 0.3) is 0 Å². The van der Waals surface area contributed by atoms with E-state index in [9.17, 15) is 0 Å². The van der Waals surface area contributed by atoms with Gasteiger partial charge in [-0.1, -0.05) is 0 Å². The quantitative estimate of drug-likeness (QED) is 0.765. The van der Waals surface area contributed by atoms with E-state index < -0.39 is 0 Å². The fourth-order valence-electron chi connectivity index (χ4n) is 2.56. The summed E-state index contributed by atoms with van der Waals surface area (Å²) in [6.07, 6.45) is 2.18. The van der Waals surface area contributed by atoms with Crippen LogP contribution < -0.4 is 9.47 Å². The number of likely N-dealkylation sites (tertiary alicyclic amines) is 1. The van der Waals surface area contributed by atoms with Gasteiger partial charge in [0, 0.05) is 11.6 Å². The lowest BCUT2D eigenvalue weighted by molar-refractivity contribution is 0.279. The highest BCUT2D eigenvalue weighted by Crippen LogP contribution is 2.38. The normalized spacial score (nSPS) is 19.5. The Kier molecular flexibility index (Phi) is 4.06. The molecule has 1 aromatic rings. The molecule has 4 heteroatoms. The summed E-state index contributed by atoms with van der Waals surface area (Å²) in [7, 11) is 3.34. The molecule has 0 saturated carbocycles. The molecule has 1 aliphatic heterocycles. The summed E-state index contributed by atoms with van der Waals surface area (Å²) in [5.74, 6) is 1.69. The van der Waals surface area contributed by atoms with Crippen LogP contribution in [0.4, 0.5) is 0 Å². The molecule has 18 heavy (non-hydrogen) atoms. The standard InChI is InChI=1S/C14H18N2O2/c1-17-11-5-6-14(18-2)12(10-11)13-4-3-8-16(13)9-7-15/h5-6,10,13H,3-4,8-9H2,1-2H3. The first-order valence-electron chi connectivity index (χ1n) is 6.13. The molecule has 1 atom stereocenters. The number of hydrogen-bond acceptors (Lipinski definition) is 4. The molecule has 0 amide bonds. The van der Waals surface area contributed by atoms with E-state index in [4.69, 9.17) is 14.7 Å². The van der Waals surface area contributed by atoms with Gasteiger partial charge < -0.3 is 9.47 Å². The van der Waals surface area contributed by atoms with Gasteiger partial charge >= 0.3 is 0 Å². The molecule has 1 fully saturated rings. The minimum absolute atomic E-state index is 0.259. The molecule has 4 nitrogen and oxygen atoms in total. The molecule has 1 heterocycles. The molecule has 1 saturated heterocycles. The molecular formula is C14H18N2O2. The van der Waals surface area contributed by atoms with Crippen molar-refractivity contribution < 1.29 is 9.47 Å². The fraction of sp³-hybridized carbons (Fsp3) is 0.500. The summed E-state index contributed by atoms with van der Waals surface area (Å²) in [5, 5.41) is 8.87. The molecule has 0 N–H and O–H groups in total. The molecule has 0 aromatic heterocycles. The van der Waals surface area contributed by atoms with Crippen LogP contribution in [0.25, 0.3) is 0 Å². The molecule has 0 spiro atoms. The second-order valence-electron chi connectivity index (χ2n) is 4.39. The van der Waals surface area contributed by atoms with Gasteiger partial charge in [-0.2, -0.15) is 5.26 Å². The van der Waals surface area contributed by atoms with E-state index in [2.05, 4.69) is 11.0 Å². The van der Waals surface area contributed by atoms with E-state index in [1.807, 2.05) is 18.2 Å². The zero-order chi connectivity index (χ0) is 13.0. The summed E-state index contributed by atoms with van der Waals surface area (Å²) in [6, 6.07) is 8.32. The number of hydrogen-bond donors (Lipinski definition) is 0. The summed E-state index contributed by atoms with van der Waals surface area (Å²) in [5.41, 5.74) is 1.12. The van der Waals surface area contributed by atoms with E-state index in [1.54, 1.807) is 14.2 Å². The van der Waals surface area contributed by atoms with Crippen LogP contribution in [0.2, 0.25) is 0 Å². The van der Waals surface area contributed by atoms with Gasteiger partial charge in [-0.3, -0.25) is 4.90 Å². The minimum Gasteiger partial charge on any atom is -0.497 e. The number of nitriles is 1. The SMILES string of the molecule is COc1ccc(OC)c(C2CCCN2CC#N)c1. The largest absolute Gasteiger partial charge is 0.497 e. The third kappa shape index (κ3) is 2.41. The molecular weight excluding hydrogens is 228 g/mol. The topological polar surface area (TPSA) is 45.5 Å². The van der Waals surface area contributed by atoms with Crippen LogP contribution in [0.15, 0.2) is 18.2 Å². The summed E-state index contributed by atoms with van der Waals surface area (Å²) in [4.78, 5) is 2.19. The third-order valence-electron chi connectivity index (χ3n) is 3.43. The lowest BCUT2D eigenvalue weighted by atomic mass is 10.0. The molecule has 0 radical (unpaired) electrons. The van der Waals surface area contributed by atoms with E-state index in [-0.39, 0.29) is 6.04 Å². The summed E-state index contributed by atoms with van der Waals surface area (Å²) in [6.45, 7) is 1.43. The van der Waals surface area contributed by atoms with Crippen LogP contribution in [0.3, 0.4) is 0 Å². The van der Waals surface area contributed by atoms with Crippen molar-refractivity contribution in [3.63, 3.8) is 0 Å². The molecule has 0 aliphatic carbocycles. The zero-order valence-corrected chi connectivity index (χ0v) is 10.8. The van der Waals surface area contributed by atoms with E-state index in [0.717, 1.165) is 36.4 Å². The monoisotopic (exact) mass is 246 g/mol. The van der Waals surface area contributed by atoms with Gasteiger partial charge in [-0.15, -0.1) is 0 Å². The summed E-state index contributed by atoms with van der Waals surface area (Å²) < 4.78 is 10.7. The smallest absolute Gasteiger partial charge is 0.123 e. The Morgan fingerprint density at radius 2 is 2.22 bits per heavy atom. The molecule has 0 bridgehead atoms. The van der Waals surface area contributed by atoms with E-state index >= 15 is 0 Å². The highest BCUT2D eigenvalue weighted by molar-refractivity contribution is 5.42. The second kappa shape index (κ2) is 5.74. The van der Waals surface area contributed by atoms with Crippen molar-refractivity contribution in [2.45, 2.75) is 18.9 Å². The van der Waals surface area contributed by atoms with Crippen LogP contribution in [0.5, 0.6) is 11.5 Å². The van der Waals surface area contributed by atoms with E-state index in [0.29, 0.717) is 6.54 Å². The Bertz CT molecular complexity index is 454. The Labute approximate surface area is 108 Å². The Balaban J connectivity index is 2.33. The minimum atomic E-state index is 0.259. The number of benzene rings is 1. The van der Waals surface area contributed by atoms with Crippen molar-refractivity contribution >= 4 is 0 Å². The van der Waals surface area contributed by atoms with Crippen LogP contribution in [0, 0.1) is 11.3 Å². The lowest BCUT2D eigenvalue weighted by Crippen LogP contribution is -2.23. The number of nitrogens with zero attached hydrogens (tertiary/aromatic N) is 2. The third-order valence-corrected chi connectivity index (χ3v) is 3.43. The first-order valence-corrected chi connectivity index (χ1v) is 6.13. The van der Waals surface area contributed by atoms with Gasteiger partial charge in [0.05, 0.1) is 26.8 Å². The first-order chi connectivity index (χ1) is 8.80. The average Bonchev–Trinajstić information content (AvgIpc) is 2.86. The highest BCUT2D eigenvalue weighted by atomic mass is 16.5. The van der Waals surface area contributed by atoms with Crippen molar-refractivity contribution in [1.29, 1.82) is 5.26 Å². The Morgan fingerprint density at radius 1 is 1.39 bits per heavy atom. The van der Waals surface area contributed by atoms with Gasteiger partial charge in [-0.25, -0.2) is 0 Å². The zero-order valence-electron chi connectivity index (χ0n) is 10.8.